The van der Waals surface area contributed by atoms with Crippen LogP contribution in [0.1, 0.15) is 0 Å². The molecule has 0 heterocycles. The summed E-state index contributed by atoms with van der Waals surface area (Å²) < 4.78 is 12.2. The monoisotopic (exact) mass is 311 g/mol. The molecule has 11 heavy (non-hydrogen) atoms. The normalized spacial score (nSPS) is 7.64. The van der Waals surface area contributed by atoms with Crippen LogP contribution in [0.15, 0.2) is 18.2 Å². The summed E-state index contributed by atoms with van der Waals surface area (Å²) in [6.45, 7) is 0. The van der Waals surface area contributed by atoms with E-state index in [0.717, 1.165) is 0 Å². The van der Waals surface area contributed by atoms with Crippen molar-refractivity contribution in [2.24, 2.45) is 0 Å². The van der Waals surface area contributed by atoms with Crippen LogP contribution >= 0.6 is 37.4 Å². The van der Waals surface area contributed by atoms with Crippen molar-refractivity contribution in [3.63, 3.8) is 0 Å². The third kappa shape index (κ3) is 6.34. The fraction of sp³-hybridized carbons (Fsp3) is 0. The molecule has 0 aromatic heterocycles. The van der Waals surface area contributed by atoms with Gasteiger partial charge in [0, 0.05) is 6.07 Å². The highest BCUT2D eigenvalue weighted by Gasteiger charge is 1.92. The van der Waals surface area contributed by atoms with Gasteiger partial charge in [0.25, 0.3) is 0 Å². The van der Waals surface area contributed by atoms with E-state index in [1.807, 2.05) is 0 Å². The lowest BCUT2D eigenvalue weighted by atomic mass is 10.4. The summed E-state index contributed by atoms with van der Waals surface area (Å²) in [5, 5.41) is 0.0486. The zero-order valence-corrected chi connectivity index (χ0v) is 10.8. The van der Waals surface area contributed by atoms with Gasteiger partial charge in [-0.25, -0.2) is 4.39 Å². The number of halogens is 4. The fourth-order valence-corrected chi connectivity index (χ4v) is 0.522. The van der Waals surface area contributed by atoms with Crippen molar-refractivity contribution in [1.82, 2.24) is 0 Å². The molecule has 0 aliphatic carbocycles. The first-order chi connectivity index (χ1) is 5.22. The minimum absolute atomic E-state index is 0.0417. The summed E-state index contributed by atoms with van der Waals surface area (Å²) in [6.07, 6.45) is 0. The van der Waals surface area contributed by atoms with Crippen molar-refractivity contribution in [3.05, 3.63) is 35.1 Å². The molecule has 0 aliphatic rings. The van der Waals surface area contributed by atoms with E-state index in [2.05, 4.69) is 31.8 Å². The first-order valence-corrected chi connectivity index (χ1v) is 10.8. The van der Waals surface area contributed by atoms with E-state index in [-0.39, 0.29) is 21.0 Å². The van der Waals surface area contributed by atoms with Crippen molar-refractivity contribution in [2.45, 2.75) is 0 Å². The van der Waals surface area contributed by atoms with Gasteiger partial charge in [0.1, 0.15) is 5.82 Å². The summed E-state index contributed by atoms with van der Waals surface area (Å²) >= 11 is 11.7. The van der Waals surface area contributed by atoms with Gasteiger partial charge in [-0.05, 0) is 6.07 Å². The average Bonchev–Trinajstić information content (AvgIpc) is 1.97. The van der Waals surface area contributed by atoms with Crippen LogP contribution in [0.5, 0.6) is 0 Å². The Hall–Kier alpha value is 1.17. The highest BCUT2D eigenvalue weighted by atomic mass is 79.9. The topological polar surface area (TPSA) is 0 Å². The Morgan fingerprint density at radius 2 is 2.09 bits per heavy atom. The largest absolute Gasteiger partial charge is 0.560 e. The lowest BCUT2D eigenvalue weighted by Crippen LogP contribution is -1.71. The molecule has 0 spiro atoms. The molecule has 0 saturated carbocycles. The number of rotatable bonds is 0. The van der Waals surface area contributed by atoms with Crippen molar-refractivity contribution >= 4 is 53.4 Å². The maximum atomic E-state index is 12.2. The van der Waals surface area contributed by atoms with Gasteiger partial charge in [0.05, 0.1) is 5.02 Å². The van der Waals surface area contributed by atoms with Crippen LogP contribution in [0.3, 0.4) is 0 Å². The average molecular weight is 314 g/mol. The van der Waals surface area contributed by atoms with E-state index in [4.69, 9.17) is 11.6 Å². The van der Waals surface area contributed by atoms with Crippen LogP contribution in [-0.2, 0) is 0 Å². The van der Waals surface area contributed by atoms with Gasteiger partial charge < -0.3 is 0 Å². The smallest absolute Gasteiger partial charge is 0.280 e. The van der Waals surface area contributed by atoms with Gasteiger partial charge in [0.2, 0.25) is 0 Å². The number of hydrogen-bond acceptors (Lipinski definition) is 0. The van der Waals surface area contributed by atoms with Gasteiger partial charge in [0.15, 0.2) is 0 Å². The molecule has 1 radical (unpaired) electrons. The van der Waals surface area contributed by atoms with E-state index < -0.39 is 5.82 Å². The van der Waals surface area contributed by atoms with Gasteiger partial charge in [-0.2, -0.15) is 0 Å². The predicted octanol–water partition coefficient (Wildman–Crippen LogP) is 3.59. The maximum Gasteiger partial charge on any atom is 0.560 e. The second kappa shape index (κ2) is 7.80. The molecule has 1 rings (SSSR count). The molecule has 0 bridgehead atoms. The fourth-order valence-electron chi connectivity index (χ4n) is 0.396. The quantitative estimate of drug-likeness (QED) is 0.642. The summed E-state index contributed by atoms with van der Waals surface area (Å²) in [4.78, 5) is 0. The van der Waals surface area contributed by atoms with Gasteiger partial charge >= 0.3 is 16.0 Å². The van der Waals surface area contributed by atoms with Crippen molar-refractivity contribution in [2.75, 3.05) is 0 Å². The van der Waals surface area contributed by atoms with Crippen molar-refractivity contribution in [3.8, 4) is 0 Å². The zero-order chi connectivity index (χ0) is 8.69. The Labute approximate surface area is 92.0 Å². The first kappa shape index (κ1) is 12.2. The Morgan fingerprint density at radius 3 is 2.36 bits per heavy atom. The molecule has 0 nitrogen and oxygen atoms in total. The van der Waals surface area contributed by atoms with Gasteiger partial charge in [-0.1, -0.05) is 23.7 Å². The van der Waals surface area contributed by atoms with E-state index in [1.165, 1.54) is 6.07 Å². The van der Waals surface area contributed by atoms with Crippen molar-refractivity contribution in [1.29, 1.82) is 0 Å². The summed E-state index contributed by atoms with van der Waals surface area (Å²) in [7, 11) is 0. The molecule has 1 aromatic rings. The van der Waals surface area contributed by atoms with Crippen LogP contribution in [0, 0.1) is 11.9 Å². The molecular weight excluding hydrogens is 311 g/mol. The van der Waals surface area contributed by atoms with Gasteiger partial charge in [-0.3, -0.25) is 25.8 Å². The van der Waals surface area contributed by atoms with Crippen LogP contribution < -0.4 is 0 Å². The Bertz CT molecular complexity index is 189. The molecule has 0 unspecified atom stereocenters. The molecular formula is C6H3Br2ClFMg. The Kier molecular flexibility index (Phi) is 8.62. The summed E-state index contributed by atoms with van der Waals surface area (Å²) in [6, 6.07) is 6.88. The number of hydrogen-bond donors (Lipinski definition) is 0. The van der Waals surface area contributed by atoms with Gasteiger partial charge in [-0.15, -0.1) is 0 Å². The van der Waals surface area contributed by atoms with Crippen LogP contribution in [0.4, 0.5) is 4.39 Å². The van der Waals surface area contributed by atoms with Crippen molar-refractivity contribution < 1.29 is 4.39 Å². The molecule has 0 atom stereocenters. The Morgan fingerprint density at radius 1 is 1.55 bits per heavy atom. The molecule has 57 valence electrons. The molecule has 0 amide bonds. The minimum Gasteiger partial charge on any atom is -0.280 e. The second-order valence-electron chi connectivity index (χ2n) is 1.43. The molecule has 0 N–H and O–H groups in total. The highest BCUT2D eigenvalue weighted by Crippen LogP contribution is 2.10. The lowest BCUT2D eigenvalue weighted by Gasteiger charge is -1.86. The molecule has 5 heteroatoms. The summed E-state index contributed by atoms with van der Waals surface area (Å²) in [5.74, 6) is -0.422. The predicted molar refractivity (Wildman–Crippen MR) is 53.9 cm³/mol. The second-order valence-corrected chi connectivity index (χ2v) is 9.89. The Balaban J connectivity index is 0.000000292. The zero-order valence-electron chi connectivity index (χ0n) is 5.45. The molecule has 0 fully saturated rings. The van der Waals surface area contributed by atoms with E-state index >= 15 is 0 Å². The van der Waals surface area contributed by atoms with Crippen LogP contribution in [-0.4, -0.2) is 16.0 Å². The maximum absolute atomic E-state index is 12.2. The summed E-state index contributed by atoms with van der Waals surface area (Å²) in [5.41, 5.74) is 0. The molecule has 0 aliphatic heterocycles. The third-order valence-electron chi connectivity index (χ3n) is 0.759. The lowest BCUT2D eigenvalue weighted by molar-refractivity contribution is 0.628. The first-order valence-electron chi connectivity index (χ1n) is 2.66. The standard InChI is InChI=1S/C6H3ClF.2BrH.Mg/c7-5-3-1-2-4-6(5)8;;;/h1-2,4H;2*1H;/q;;;+2/p-2. The minimum atomic E-state index is -0.422. The number of benzene rings is 1. The SMILES string of the molecule is Fc1ccc[c]c1Cl.[Br][Mg][Br]. The highest BCUT2D eigenvalue weighted by molar-refractivity contribution is 9.47. The van der Waals surface area contributed by atoms with Crippen LogP contribution in [0.2, 0.25) is 5.02 Å². The van der Waals surface area contributed by atoms with E-state index in [1.54, 1.807) is 12.1 Å². The molecule has 0 saturated heterocycles. The molecule has 1 aromatic carbocycles. The third-order valence-corrected chi connectivity index (χ3v) is 1.05. The van der Waals surface area contributed by atoms with Crippen LogP contribution in [0.25, 0.3) is 0 Å². The van der Waals surface area contributed by atoms with E-state index in [0.29, 0.717) is 0 Å². The van der Waals surface area contributed by atoms with E-state index in [9.17, 15) is 4.39 Å².